The molecule has 3 aliphatic heterocycles. The number of hydrogen-bond acceptors (Lipinski definition) is 6. The number of benzene rings is 3. The molecule has 4 aliphatic rings. The largest absolute Gasteiger partial charge is 0.497 e. The molecule has 1 amide bonds. The normalized spacial score (nSPS) is 20.3. The first-order valence-corrected chi connectivity index (χ1v) is 14.5. The number of likely N-dealkylation sites (tertiary alicyclic amines) is 1. The van der Waals surface area contributed by atoms with Crippen molar-refractivity contribution in [1.82, 2.24) is 4.90 Å². The number of allylic oxidation sites excluding steroid dienone is 1. The quantitative estimate of drug-likeness (QED) is 0.364. The second-order valence-electron chi connectivity index (χ2n) is 12.3. The molecule has 0 bridgehead atoms. The van der Waals surface area contributed by atoms with Crippen LogP contribution in [-0.4, -0.2) is 57.4 Å². The third kappa shape index (κ3) is 4.22. The van der Waals surface area contributed by atoms with Crippen molar-refractivity contribution < 1.29 is 9.53 Å². The number of rotatable bonds is 8. The lowest BCUT2D eigenvalue weighted by atomic mass is 9.64. The van der Waals surface area contributed by atoms with Crippen LogP contribution in [0.5, 0.6) is 5.75 Å². The van der Waals surface area contributed by atoms with E-state index in [4.69, 9.17) is 10.1 Å². The maximum atomic E-state index is 14.3. The van der Waals surface area contributed by atoms with Crippen LogP contribution in [0.2, 0.25) is 0 Å². The Morgan fingerprint density at radius 2 is 1.76 bits per heavy atom. The molecule has 7 heteroatoms. The van der Waals surface area contributed by atoms with Gasteiger partial charge in [-0.1, -0.05) is 36.8 Å². The zero-order chi connectivity index (χ0) is 28.2. The highest BCUT2D eigenvalue weighted by Crippen LogP contribution is 2.58. The molecule has 0 radical (unpaired) electrons. The fraction of sp³-hybridized carbons (Fsp3) is 0.353. The van der Waals surface area contributed by atoms with E-state index in [1.165, 1.54) is 6.21 Å². The summed E-state index contributed by atoms with van der Waals surface area (Å²) in [6.45, 7) is 4.79. The Morgan fingerprint density at radius 3 is 2.37 bits per heavy atom. The van der Waals surface area contributed by atoms with Gasteiger partial charge in [-0.3, -0.25) is 4.79 Å². The summed E-state index contributed by atoms with van der Waals surface area (Å²) in [6.07, 6.45) is 5.97. The number of anilines is 3. The Kier molecular flexibility index (Phi) is 6.16. The summed E-state index contributed by atoms with van der Waals surface area (Å²) in [5.74, 6) is 1.04. The average molecular weight is 548 g/mol. The van der Waals surface area contributed by atoms with Crippen molar-refractivity contribution in [2.24, 2.45) is 5.41 Å². The van der Waals surface area contributed by atoms with E-state index < -0.39 is 5.41 Å². The molecular weight excluding hydrogens is 510 g/mol. The maximum absolute atomic E-state index is 14.3. The fourth-order valence-electron chi connectivity index (χ4n) is 7.42. The number of carbonyl (C=O) groups is 1. The molecule has 7 nitrogen and oxygen atoms in total. The zero-order valence-corrected chi connectivity index (χ0v) is 23.8. The van der Waals surface area contributed by atoms with E-state index in [1.54, 1.807) is 7.11 Å². The minimum absolute atomic E-state index is 0.222. The summed E-state index contributed by atoms with van der Waals surface area (Å²) >= 11 is 0. The van der Waals surface area contributed by atoms with Gasteiger partial charge in [0.25, 0.3) is 0 Å². The van der Waals surface area contributed by atoms with Gasteiger partial charge in [0.05, 0.1) is 30.4 Å². The Bertz CT molecular complexity index is 1510. The van der Waals surface area contributed by atoms with E-state index in [-0.39, 0.29) is 5.91 Å². The lowest BCUT2D eigenvalue weighted by Crippen LogP contribution is -2.71. The molecule has 1 saturated carbocycles. The summed E-state index contributed by atoms with van der Waals surface area (Å²) < 4.78 is 5.37. The van der Waals surface area contributed by atoms with Crippen LogP contribution in [0, 0.1) is 10.8 Å². The predicted octanol–water partition coefficient (Wildman–Crippen LogP) is 5.52. The van der Waals surface area contributed by atoms with Gasteiger partial charge in [0.1, 0.15) is 5.75 Å². The van der Waals surface area contributed by atoms with Gasteiger partial charge in [0.2, 0.25) is 5.91 Å². The van der Waals surface area contributed by atoms with Crippen LogP contribution in [0.15, 0.2) is 72.8 Å². The van der Waals surface area contributed by atoms with Crippen molar-refractivity contribution in [3.63, 3.8) is 0 Å². The van der Waals surface area contributed by atoms with E-state index >= 15 is 0 Å². The Labute approximate surface area is 241 Å². The van der Waals surface area contributed by atoms with Gasteiger partial charge in [-0.05, 0) is 73.5 Å². The summed E-state index contributed by atoms with van der Waals surface area (Å²) in [7, 11) is 3.86. The van der Waals surface area contributed by atoms with E-state index in [9.17, 15) is 4.79 Å². The van der Waals surface area contributed by atoms with Crippen LogP contribution in [-0.2, 0) is 16.8 Å². The van der Waals surface area contributed by atoms with Gasteiger partial charge in [-0.25, -0.2) is 0 Å². The minimum atomic E-state index is -0.464. The highest BCUT2D eigenvalue weighted by Gasteiger charge is 2.57. The van der Waals surface area contributed by atoms with Crippen LogP contribution < -0.4 is 19.9 Å². The lowest BCUT2D eigenvalue weighted by Gasteiger charge is -2.60. The molecule has 3 heterocycles. The number of amides is 1. The molecule has 0 unspecified atom stereocenters. The van der Waals surface area contributed by atoms with Gasteiger partial charge in [-0.2, -0.15) is 0 Å². The molecule has 2 N–H and O–H groups in total. The predicted molar refractivity (Wildman–Crippen MR) is 165 cm³/mol. The Balaban J connectivity index is 1.33. The minimum Gasteiger partial charge on any atom is -0.497 e. The van der Waals surface area contributed by atoms with Gasteiger partial charge >= 0.3 is 0 Å². The first-order chi connectivity index (χ1) is 19.9. The average Bonchev–Trinajstić information content (AvgIpc) is 3.18. The standard InChI is InChI=1S/C34H37N5O2/c1-37-20-33(21-37)22-38(23-33)30-18-25(29(13-16-35)36-26-7-4-3-5-8-26)17-28-31(30)39(32(40)34(28)14-6-15-34)19-24-9-11-27(41-2)12-10-24/h3-5,7-13,16-18,35-36H,6,14-15,19-23H2,1-2H3/b29-13-,35-16?. The molecule has 0 atom stereocenters. The number of carbonyl (C=O) groups excluding carboxylic acids is 1. The van der Waals surface area contributed by atoms with Crippen molar-refractivity contribution >= 4 is 34.9 Å². The first-order valence-electron chi connectivity index (χ1n) is 14.5. The number of methoxy groups -OCH3 is 1. The highest BCUT2D eigenvalue weighted by molar-refractivity contribution is 6.12. The summed E-state index contributed by atoms with van der Waals surface area (Å²) in [5.41, 5.74) is 7.19. The molecule has 2 spiro atoms. The topological polar surface area (TPSA) is 71.9 Å². The number of hydrogen-bond donors (Lipinski definition) is 2. The summed E-state index contributed by atoms with van der Waals surface area (Å²) in [4.78, 5) is 21.2. The van der Waals surface area contributed by atoms with Crippen LogP contribution in [0.25, 0.3) is 5.70 Å². The molecule has 2 saturated heterocycles. The number of para-hydroxylation sites is 1. The molecule has 1 aliphatic carbocycles. The Hall–Kier alpha value is -4.10. The molecule has 210 valence electrons. The second-order valence-corrected chi connectivity index (χ2v) is 12.3. The zero-order valence-electron chi connectivity index (χ0n) is 23.8. The van der Waals surface area contributed by atoms with Crippen LogP contribution in [0.1, 0.15) is 36.0 Å². The van der Waals surface area contributed by atoms with E-state index in [1.807, 2.05) is 48.5 Å². The summed E-state index contributed by atoms with van der Waals surface area (Å²) in [6, 6.07) is 22.6. The van der Waals surface area contributed by atoms with E-state index in [0.29, 0.717) is 12.0 Å². The lowest BCUT2D eigenvalue weighted by molar-refractivity contribution is -0.126. The third-order valence-electron chi connectivity index (χ3n) is 9.45. The second kappa shape index (κ2) is 9.77. The number of fused-ring (bicyclic) bond motifs is 2. The highest BCUT2D eigenvalue weighted by atomic mass is 16.5. The SMILES string of the molecule is COc1ccc(CN2C(=O)C3(CCC3)c3cc(/C(=C/C=N)Nc4ccccc4)cc(N4CC5(CN(C)C5)C4)c32)cc1. The summed E-state index contributed by atoms with van der Waals surface area (Å²) in [5, 5.41) is 11.5. The Morgan fingerprint density at radius 1 is 1.02 bits per heavy atom. The van der Waals surface area contributed by atoms with Crippen molar-refractivity contribution in [3.8, 4) is 5.75 Å². The first kappa shape index (κ1) is 25.8. The number of nitrogens with one attached hydrogen (secondary N) is 2. The van der Waals surface area contributed by atoms with E-state index in [0.717, 1.165) is 90.6 Å². The molecule has 3 fully saturated rings. The van der Waals surface area contributed by atoms with Crippen molar-refractivity contribution in [2.45, 2.75) is 31.2 Å². The van der Waals surface area contributed by atoms with Crippen LogP contribution >= 0.6 is 0 Å². The molecule has 7 rings (SSSR count). The van der Waals surface area contributed by atoms with Crippen LogP contribution in [0.3, 0.4) is 0 Å². The third-order valence-corrected chi connectivity index (χ3v) is 9.45. The monoisotopic (exact) mass is 547 g/mol. The van der Waals surface area contributed by atoms with E-state index in [2.05, 4.69) is 51.3 Å². The molecule has 41 heavy (non-hydrogen) atoms. The number of nitrogens with zero attached hydrogens (tertiary/aromatic N) is 3. The molecule has 0 aromatic heterocycles. The molecular formula is C34H37N5O2. The van der Waals surface area contributed by atoms with Crippen molar-refractivity contribution in [2.75, 3.05) is 55.5 Å². The fourth-order valence-corrected chi connectivity index (χ4v) is 7.42. The van der Waals surface area contributed by atoms with Crippen LogP contribution in [0.4, 0.5) is 17.1 Å². The van der Waals surface area contributed by atoms with Gasteiger partial charge in [-0.15, -0.1) is 0 Å². The van der Waals surface area contributed by atoms with Crippen molar-refractivity contribution in [3.05, 3.63) is 89.5 Å². The molecule has 3 aromatic carbocycles. The maximum Gasteiger partial charge on any atom is 0.238 e. The smallest absolute Gasteiger partial charge is 0.238 e. The van der Waals surface area contributed by atoms with Crippen molar-refractivity contribution in [1.29, 1.82) is 5.41 Å². The van der Waals surface area contributed by atoms with Gasteiger partial charge in [0, 0.05) is 54.8 Å². The molecule has 3 aromatic rings. The van der Waals surface area contributed by atoms with Gasteiger partial charge in [0.15, 0.2) is 0 Å². The number of ether oxygens (including phenoxy) is 1. The van der Waals surface area contributed by atoms with Gasteiger partial charge < -0.3 is 30.2 Å².